The molecule has 0 aliphatic rings. The highest BCUT2D eigenvalue weighted by molar-refractivity contribution is 5.97. The van der Waals surface area contributed by atoms with Gasteiger partial charge in [-0.05, 0) is 13.3 Å². The minimum absolute atomic E-state index is 0.227. The second-order valence-electron chi connectivity index (χ2n) is 3.35. The molecule has 0 aromatic carbocycles. The van der Waals surface area contributed by atoms with Crippen LogP contribution in [-0.4, -0.2) is 21.4 Å². The minimum Gasteiger partial charge on any atom is -0.322 e. The number of nitrogens with two attached hydrogens (primary N) is 1. The summed E-state index contributed by atoms with van der Waals surface area (Å²) in [6, 6.07) is 0. The lowest BCUT2D eigenvalue weighted by atomic mass is 9.99. The van der Waals surface area contributed by atoms with Gasteiger partial charge in [0.05, 0.1) is 23.6 Å². The number of carbonyl (C=O) groups excluding carboxylic acids is 1. The van der Waals surface area contributed by atoms with Crippen molar-refractivity contribution in [2.24, 2.45) is 5.73 Å². The number of carbonyl (C=O) groups is 1. The van der Waals surface area contributed by atoms with Crippen LogP contribution in [0.15, 0.2) is 18.7 Å². The van der Waals surface area contributed by atoms with Crippen LogP contribution in [0.3, 0.4) is 0 Å². The summed E-state index contributed by atoms with van der Waals surface area (Å²) in [4.78, 5) is 19.1. The molecule has 1 aromatic heterocycles. The maximum absolute atomic E-state index is 11.6. The van der Waals surface area contributed by atoms with Crippen molar-refractivity contribution in [3.63, 3.8) is 0 Å². The van der Waals surface area contributed by atoms with Crippen LogP contribution in [0.4, 0.5) is 5.69 Å². The van der Waals surface area contributed by atoms with Gasteiger partial charge in [-0.1, -0.05) is 6.92 Å². The Bertz CT molecular complexity index is 310. The first-order chi connectivity index (χ1) is 6.56. The molecule has 1 atom stereocenters. The highest BCUT2D eigenvalue weighted by Crippen LogP contribution is 2.09. The smallest absolute Gasteiger partial charge is 0.244 e. The van der Waals surface area contributed by atoms with Gasteiger partial charge in [0.1, 0.15) is 6.33 Å². The fourth-order valence-corrected chi connectivity index (χ4v) is 0.798. The van der Waals surface area contributed by atoms with Gasteiger partial charge in [0, 0.05) is 0 Å². The zero-order valence-electron chi connectivity index (χ0n) is 8.32. The van der Waals surface area contributed by atoms with E-state index in [1.807, 2.05) is 6.92 Å². The van der Waals surface area contributed by atoms with Crippen molar-refractivity contribution < 1.29 is 4.79 Å². The van der Waals surface area contributed by atoms with E-state index in [9.17, 15) is 4.79 Å². The Morgan fingerprint density at radius 1 is 1.57 bits per heavy atom. The van der Waals surface area contributed by atoms with Crippen LogP contribution < -0.4 is 11.1 Å². The van der Waals surface area contributed by atoms with Crippen molar-refractivity contribution in [2.75, 3.05) is 5.32 Å². The van der Waals surface area contributed by atoms with Crippen LogP contribution in [0.1, 0.15) is 20.3 Å². The first kappa shape index (κ1) is 10.6. The number of amides is 1. The molecule has 3 N–H and O–H groups in total. The summed E-state index contributed by atoms with van der Waals surface area (Å²) in [7, 11) is 0. The highest BCUT2D eigenvalue weighted by Gasteiger charge is 2.25. The van der Waals surface area contributed by atoms with Gasteiger partial charge in [-0.2, -0.15) is 0 Å². The quantitative estimate of drug-likeness (QED) is 0.736. The largest absolute Gasteiger partial charge is 0.322 e. The first-order valence-corrected chi connectivity index (χ1v) is 4.41. The van der Waals surface area contributed by atoms with Gasteiger partial charge in [-0.15, -0.1) is 0 Å². The molecule has 0 spiro atoms. The Morgan fingerprint density at radius 3 is 2.64 bits per heavy atom. The van der Waals surface area contributed by atoms with E-state index < -0.39 is 5.54 Å². The molecule has 0 radical (unpaired) electrons. The second kappa shape index (κ2) is 4.15. The standard InChI is InChI=1S/C9H14N4O/c1-3-9(2,10)8(14)13-7-4-11-6-12-5-7/h4-6H,3,10H2,1-2H3,(H,13,14). The summed E-state index contributed by atoms with van der Waals surface area (Å²) in [6.45, 7) is 3.55. The van der Waals surface area contributed by atoms with E-state index in [0.29, 0.717) is 12.1 Å². The molecule has 14 heavy (non-hydrogen) atoms. The van der Waals surface area contributed by atoms with Crippen LogP contribution in [0.2, 0.25) is 0 Å². The Labute approximate surface area is 82.7 Å². The molecular weight excluding hydrogens is 180 g/mol. The highest BCUT2D eigenvalue weighted by atomic mass is 16.2. The summed E-state index contributed by atoms with van der Waals surface area (Å²) < 4.78 is 0. The third-order valence-electron chi connectivity index (χ3n) is 2.07. The number of aromatic nitrogens is 2. The molecule has 0 aliphatic heterocycles. The van der Waals surface area contributed by atoms with Gasteiger partial charge in [-0.3, -0.25) is 4.79 Å². The molecule has 0 fully saturated rings. The predicted octanol–water partition coefficient (Wildman–Crippen LogP) is 0.542. The van der Waals surface area contributed by atoms with E-state index >= 15 is 0 Å². The number of nitrogens with zero attached hydrogens (tertiary/aromatic N) is 2. The average Bonchev–Trinajstić information content (AvgIpc) is 2.19. The van der Waals surface area contributed by atoms with Crippen LogP contribution in [0, 0.1) is 0 Å². The Balaban J connectivity index is 2.67. The van der Waals surface area contributed by atoms with Gasteiger partial charge >= 0.3 is 0 Å². The van der Waals surface area contributed by atoms with Crippen molar-refractivity contribution in [1.29, 1.82) is 0 Å². The number of hydrogen-bond donors (Lipinski definition) is 2. The molecule has 1 rings (SSSR count). The average molecular weight is 194 g/mol. The molecule has 0 saturated carbocycles. The summed E-state index contributed by atoms with van der Waals surface area (Å²) in [6.07, 6.45) is 5.02. The number of hydrogen-bond acceptors (Lipinski definition) is 4. The Morgan fingerprint density at radius 2 is 2.14 bits per heavy atom. The summed E-state index contributed by atoms with van der Waals surface area (Å²) >= 11 is 0. The van der Waals surface area contributed by atoms with Crippen molar-refractivity contribution in [3.8, 4) is 0 Å². The summed E-state index contributed by atoms with van der Waals surface area (Å²) in [5.41, 5.74) is 5.46. The van der Waals surface area contributed by atoms with E-state index in [0.717, 1.165) is 0 Å². The van der Waals surface area contributed by atoms with Gasteiger partial charge in [0.2, 0.25) is 5.91 Å². The molecule has 0 aliphatic carbocycles. The van der Waals surface area contributed by atoms with Crippen molar-refractivity contribution in [2.45, 2.75) is 25.8 Å². The molecule has 5 nitrogen and oxygen atoms in total. The van der Waals surface area contributed by atoms with E-state index in [1.165, 1.54) is 18.7 Å². The van der Waals surface area contributed by atoms with E-state index in [1.54, 1.807) is 6.92 Å². The molecule has 1 aromatic rings. The molecule has 0 bridgehead atoms. The molecule has 1 unspecified atom stereocenters. The normalized spacial score (nSPS) is 14.5. The lowest BCUT2D eigenvalue weighted by molar-refractivity contribution is -0.120. The van der Waals surface area contributed by atoms with Crippen LogP contribution in [-0.2, 0) is 4.79 Å². The van der Waals surface area contributed by atoms with Crippen LogP contribution in [0.5, 0.6) is 0 Å². The predicted molar refractivity (Wildman–Crippen MR) is 53.5 cm³/mol. The number of rotatable bonds is 3. The van der Waals surface area contributed by atoms with Gasteiger partial charge in [-0.25, -0.2) is 9.97 Å². The van der Waals surface area contributed by atoms with Gasteiger partial charge < -0.3 is 11.1 Å². The van der Waals surface area contributed by atoms with Gasteiger partial charge in [0.25, 0.3) is 0 Å². The summed E-state index contributed by atoms with van der Waals surface area (Å²) in [5.74, 6) is -0.227. The van der Waals surface area contributed by atoms with E-state index in [-0.39, 0.29) is 5.91 Å². The molecule has 0 saturated heterocycles. The number of nitrogens with one attached hydrogen (secondary N) is 1. The fraction of sp³-hybridized carbons (Fsp3) is 0.444. The lowest BCUT2D eigenvalue weighted by Crippen LogP contribution is -2.47. The minimum atomic E-state index is -0.851. The topological polar surface area (TPSA) is 80.9 Å². The third kappa shape index (κ3) is 2.50. The maximum Gasteiger partial charge on any atom is 0.244 e. The van der Waals surface area contributed by atoms with Gasteiger partial charge in [0.15, 0.2) is 0 Å². The number of anilines is 1. The maximum atomic E-state index is 11.6. The molecular formula is C9H14N4O. The fourth-order valence-electron chi connectivity index (χ4n) is 0.798. The van der Waals surface area contributed by atoms with E-state index in [2.05, 4.69) is 15.3 Å². The van der Waals surface area contributed by atoms with Crippen molar-refractivity contribution in [3.05, 3.63) is 18.7 Å². The van der Waals surface area contributed by atoms with Crippen molar-refractivity contribution in [1.82, 2.24) is 9.97 Å². The first-order valence-electron chi connectivity index (χ1n) is 4.41. The second-order valence-corrected chi connectivity index (χ2v) is 3.35. The van der Waals surface area contributed by atoms with Crippen LogP contribution in [0.25, 0.3) is 0 Å². The SMILES string of the molecule is CCC(C)(N)C(=O)Nc1cncnc1. The van der Waals surface area contributed by atoms with Crippen LogP contribution >= 0.6 is 0 Å². The summed E-state index contributed by atoms with van der Waals surface area (Å²) in [5, 5.41) is 2.64. The van der Waals surface area contributed by atoms with E-state index in [4.69, 9.17) is 5.73 Å². The lowest BCUT2D eigenvalue weighted by Gasteiger charge is -2.21. The zero-order valence-corrected chi connectivity index (χ0v) is 8.32. The van der Waals surface area contributed by atoms with Crippen molar-refractivity contribution >= 4 is 11.6 Å². The Hall–Kier alpha value is -1.49. The molecule has 1 amide bonds. The third-order valence-corrected chi connectivity index (χ3v) is 2.07. The zero-order chi connectivity index (χ0) is 10.6. The Kier molecular flexibility index (Phi) is 3.14. The molecule has 5 heteroatoms. The monoisotopic (exact) mass is 194 g/mol. The molecule has 1 heterocycles. The molecule has 76 valence electrons.